The Bertz CT molecular complexity index is 1140. The molecule has 1 saturated heterocycles. The highest BCUT2D eigenvalue weighted by Crippen LogP contribution is 2.42. The zero-order valence-corrected chi connectivity index (χ0v) is 17.0. The van der Waals surface area contributed by atoms with Crippen molar-refractivity contribution in [2.24, 2.45) is 0 Å². The van der Waals surface area contributed by atoms with E-state index in [1.165, 1.54) is 7.11 Å². The van der Waals surface area contributed by atoms with Crippen molar-refractivity contribution in [1.82, 2.24) is 9.88 Å². The molecular weight excluding hydrogens is 380 g/mol. The standard InChI is InChI=1S/C24H24N2O4/c1-3-4-12-26-21(18-14-25-19-11-6-5-10-17(18)19)20(23(28)24(26)29)22(27)15-8-7-9-16(13-15)30-2/h5-11,13-14,21,25,27H,3-4,12H2,1-2H3/b22-20+. The highest BCUT2D eigenvalue weighted by Gasteiger charge is 2.46. The van der Waals surface area contributed by atoms with E-state index in [9.17, 15) is 14.7 Å². The maximum absolute atomic E-state index is 13.0. The van der Waals surface area contributed by atoms with Crippen LogP contribution in [0.1, 0.15) is 36.9 Å². The molecule has 1 aliphatic heterocycles. The number of ketones is 1. The third kappa shape index (κ3) is 3.24. The largest absolute Gasteiger partial charge is 0.507 e. The van der Waals surface area contributed by atoms with E-state index in [1.54, 1.807) is 29.2 Å². The third-order valence-electron chi connectivity index (χ3n) is 5.55. The molecule has 6 heteroatoms. The summed E-state index contributed by atoms with van der Waals surface area (Å²) in [5.41, 5.74) is 2.25. The SMILES string of the molecule is CCCCN1C(=O)C(=O)/C(=C(/O)c2cccc(OC)c2)C1c1c[nH]c2ccccc12. The van der Waals surface area contributed by atoms with Gasteiger partial charge in [0.15, 0.2) is 0 Å². The molecule has 30 heavy (non-hydrogen) atoms. The van der Waals surface area contributed by atoms with Crippen molar-refractivity contribution in [2.75, 3.05) is 13.7 Å². The zero-order chi connectivity index (χ0) is 21.3. The molecule has 0 aliphatic carbocycles. The van der Waals surface area contributed by atoms with Gasteiger partial charge >= 0.3 is 0 Å². The first kappa shape index (κ1) is 19.8. The van der Waals surface area contributed by atoms with Crippen molar-refractivity contribution in [3.05, 3.63) is 71.4 Å². The Morgan fingerprint density at radius 3 is 2.73 bits per heavy atom. The molecule has 6 nitrogen and oxygen atoms in total. The van der Waals surface area contributed by atoms with Crippen LogP contribution in [0.3, 0.4) is 0 Å². The fraction of sp³-hybridized carbons (Fsp3) is 0.250. The quantitative estimate of drug-likeness (QED) is 0.362. The van der Waals surface area contributed by atoms with E-state index in [0.717, 1.165) is 29.3 Å². The van der Waals surface area contributed by atoms with Crippen LogP contribution in [0, 0.1) is 0 Å². The van der Waals surface area contributed by atoms with Crippen LogP contribution in [-0.2, 0) is 9.59 Å². The second kappa shape index (κ2) is 8.06. The molecule has 2 aromatic carbocycles. The van der Waals surface area contributed by atoms with Crippen molar-refractivity contribution in [3.8, 4) is 5.75 Å². The van der Waals surface area contributed by atoms with Crippen LogP contribution in [0.15, 0.2) is 60.3 Å². The fourth-order valence-corrected chi connectivity index (χ4v) is 4.01. The highest BCUT2D eigenvalue weighted by molar-refractivity contribution is 6.46. The number of fused-ring (bicyclic) bond motifs is 1. The molecule has 1 atom stereocenters. The van der Waals surface area contributed by atoms with E-state index < -0.39 is 17.7 Å². The number of hydrogen-bond acceptors (Lipinski definition) is 4. The summed E-state index contributed by atoms with van der Waals surface area (Å²) < 4.78 is 5.25. The van der Waals surface area contributed by atoms with Gasteiger partial charge in [-0.05, 0) is 24.6 Å². The highest BCUT2D eigenvalue weighted by atomic mass is 16.5. The number of benzene rings is 2. The van der Waals surface area contributed by atoms with Gasteiger partial charge in [0.1, 0.15) is 11.5 Å². The number of H-pyrrole nitrogens is 1. The van der Waals surface area contributed by atoms with Crippen LogP contribution in [0.25, 0.3) is 16.7 Å². The van der Waals surface area contributed by atoms with Gasteiger partial charge in [-0.1, -0.05) is 43.7 Å². The van der Waals surface area contributed by atoms with Crippen LogP contribution >= 0.6 is 0 Å². The van der Waals surface area contributed by atoms with Gasteiger partial charge in [-0.15, -0.1) is 0 Å². The van der Waals surface area contributed by atoms with Crippen molar-refractivity contribution in [2.45, 2.75) is 25.8 Å². The van der Waals surface area contributed by atoms with Gasteiger partial charge in [-0.2, -0.15) is 0 Å². The van der Waals surface area contributed by atoms with Crippen LogP contribution in [0.4, 0.5) is 0 Å². The van der Waals surface area contributed by atoms with Crippen molar-refractivity contribution in [3.63, 3.8) is 0 Å². The van der Waals surface area contributed by atoms with Gasteiger partial charge in [0.25, 0.3) is 11.7 Å². The number of methoxy groups -OCH3 is 1. The summed E-state index contributed by atoms with van der Waals surface area (Å²) in [4.78, 5) is 30.7. The maximum Gasteiger partial charge on any atom is 0.295 e. The first-order valence-electron chi connectivity index (χ1n) is 10.1. The van der Waals surface area contributed by atoms with Gasteiger partial charge in [0, 0.05) is 34.8 Å². The molecule has 2 heterocycles. The monoisotopic (exact) mass is 404 g/mol. The van der Waals surface area contributed by atoms with Gasteiger partial charge in [-0.25, -0.2) is 0 Å². The number of aromatic nitrogens is 1. The maximum atomic E-state index is 13.0. The summed E-state index contributed by atoms with van der Waals surface area (Å²) in [5.74, 6) is -0.880. The number of aromatic amines is 1. The lowest BCUT2D eigenvalue weighted by atomic mass is 9.95. The lowest BCUT2D eigenvalue weighted by molar-refractivity contribution is -0.139. The van der Waals surface area contributed by atoms with Crippen molar-refractivity contribution in [1.29, 1.82) is 0 Å². The molecule has 2 N–H and O–H groups in total. The summed E-state index contributed by atoms with van der Waals surface area (Å²) in [6.07, 6.45) is 3.48. The summed E-state index contributed by atoms with van der Waals surface area (Å²) in [7, 11) is 1.54. The number of carbonyl (C=O) groups excluding carboxylic acids is 2. The van der Waals surface area contributed by atoms with E-state index in [1.807, 2.05) is 37.4 Å². The smallest absolute Gasteiger partial charge is 0.295 e. The number of nitrogens with one attached hydrogen (secondary N) is 1. The van der Waals surface area contributed by atoms with E-state index in [4.69, 9.17) is 4.74 Å². The number of rotatable bonds is 6. The number of ether oxygens (including phenoxy) is 1. The molecule has 0 radical (unpaired) electrons. The van der Waals surface area contributed by atoms with E-state index in [2.05, 4.69) is 4.98 Å². The molecule has 0 spiro atoms. The van der Waals surface area contributed by atoms with Crippen LogP contribution in [0.5, 0.6) is 5.75 Å². The lowest BCUT2D eigenvalue weighted by Gasteiger charge is -2.24. The molecule has 154 valence electrons. The second-order valence-electron chi connectivity index (χ2n) is 7.37. The minimum Gasteiger partial charge on any atom is -0.507 e. The molecule has 1 aliphatic rings. The summed E-state index contributed by atoms with van der Waals surface area (Å²) >= 11 is 0. The number of likely N-dealkylation sites (tertiary alicyclic amines) is 1. The number of para-hydroxylation sites is 1. The Balaban J connectivity index is 1.92. The molecular formula is C24H24N2O4. The van der Waals surface area contributed by atoms with E-state index >= 15 is 0 Å². The van der Waals surface area contributed by atoms with E-state index in [0.29, 0.717) is 17.9 Å². The molecule has 1 aromatic heterocycles. The fourth-order valence-electron chi connectivity index (χ4n) is 4.01. The van der Waals surface area contributed by atoms with Gasteiger partial charge in [0.2, 0.25) is 0 Å². The minimum absolute atomic E-state index is 0.106. The Morgan fingerprint density at radius 2 is 1.97 bits per heavy atom. The van der Waals surface area contributed by atoms with Crippen molar-refractivity contribution >= 4 is 28.4 Å². The molecule has 1 unspecified atom stereocenters. The summed E-state index contributed by atoms with van der Waals surface area (Å²) in [6.45, 7) is 2.48. The van der Waals surface area contributed by atoms with E-state index in [-0.39, 0.29) is 11.3 Å². The van der Waals surface area contributed by atoms with Crippen LogP contribution in [-0.4, -0.2) is 40.3 Å². The minimum atomic E-state index is -0.665. The number of nitrogens with zero attached hydrogens (tertiary/aromatic N) is 1. The number of unbranched alkanes of at least 4 members (excludes halogenated alkanes) is 1. The molecule has 1 amide bonds. The molecule has 3 aromatic rings. The average Bonchev–Trinajstić information content (AvgIpc) is 3.31. The van der Waals surface area contributed by atoms with Gasteiger partial charge < -0.3 is 19.7 Å². The summed E-state index contributed by atoms with van der Waals surface area (Å²) in [6, 6.07) is 13.9. The second-order valence-corrected chi connectivity index (χ2v) is 7.37. The molecule has 1 fully saturated rings. The number of aliphatic hydroxyl groups excluding tert-OH is 1. The topological polar surface area (TPSA) is 82.6 Å². The predicted molar refractivity (Wildman–Crippen MR) is 115 cm³/mol. The number of Topliss-reactive ketones (excluding diaryl/α,β-unsaturated/α-hetero) is 1. The Kier molecular flexibility index (Phi) is 5.31. The first-order chi connectivity index (χ1) is 14.6. The molecule has 4 rings (SSSR count). The van der Waals surface area contributed by atoms with Gasteiger partial charge in [0.05, 0.1) is 18.7 Å². The third-order valence-corrected chi connectivity index (χ3v) is 5.55. The average molecular weight is 404 g/mol. The first-order valence-corrected chi connectivity index (χ1v) is 10.1. The van der Waals surface area contributed by atoms with Crippen LogP contribution < -0.4 is 4.74 Å². The molecule has 0 saturated carbocycles. The van der Waals surface area contributed by atoms with Crippen LogP contribution in [0.2, 0.25) is 0 Å². The number of aliphatic hydroxyl groups is 1. The Hall–Kier alpha value is -3.54. The normalized spacial score (nSPS) is 18.3. The predicted octanol–water partition coefficient (Wildman–Crippen LogP) is 4.40. The zero-order valence-electron chi connectivity index (χ0n) is 17.0. The number of amides is 1. The Labute approximate surface area is 174 Å². The Morgan fingerprint density at radius 1 is 1.17 bits per heavy atom. The lowest BCUT2D eigenvalue weighted by Crippen LogP contribution is -2.30. The number of carbonyl (C=O) groups is 2. The van der Waals surface area contributed by atoms with Gasteiger partial charge in [-0.3, -0.25) is 9.59 Å². The number of hydrogen-bond donors (Lipinski definition) is 2. The molecule has 0 bridgehead atoms. The van der Waals surface area contributed by atoms with Crippen molar-refractivity contribution < 1.29 is 19.4 Å². The summed E-state index contributed by atoms with van der Waals surface area (Å²) in [5, 5.41) is 12.0.